The maximum atomic E-state index is 12.4. The fraction of sp³-hybridized carbons (Fsp3) is 0.292. The second-order valence-corrected chi connectivity index (χ2v) is 7.34. The summed E-state index contributed by atoms with van der Waals surface area (Å²) in [5.74, 6) is -0.649. The Bertz CT molecular complexity index is 950. The molecule has 1 fully saturated rings. The number of nitrogens with one attached hydrogen (secondary N) is 1. The van der Waals surface area contributed by atoms with E-state index in [0.717, 1.165) is 36.8 Å². The SMILES string of the molecule is N#CC(=Cc1ccc(OCc2ccc(C(=O)O)cc2)cc1)C(=O)NC1CCCCC1. The molecule has 154 valence electrons. The first-order chi connectivity index (χ1) is 14.5. The molecular formula is C24H24N2O4. The average Bonchev–Trinajstić information content (AvgIpc) is 2.77. The molecule has 2 N–H and O–H groups in total. The molecule has 1 saturated carbocycles. The van der Waals surface area contributed by atoms with Gasteiger partial charge in [0.1, 0.15) is 24.0 Å². The lowest BCUT2D eigenvalue weighted by Crippen LogP contribution is -2.36. The quantitative estimate of drug-likeness (QED) is 0.529. The molecule has 0 saturated heterocycles. The molecule has 0 aromatic heterocycles. The number of hydrogen-bond donors (Lipinski definition) is 2. The Morgan fingerprint density at radius 3 is 2.33 bits per heavy atom. The van der Waals surface area contributed by atoms with Crippen molar-refractivity contribution in [1.82, 2.24) is 5.32 Å². The fourth-order valence-corrected chi connectivity index (χ4v) is 3.40. The molecule has 0 bridgehead atoms. The number of aromatic carboxylic acids is 1. The van der Waals surface area contributed by atoms with Crippen LogP contribution in [-0.2, 0) is 11.4 Å². The Balaban J connectivity index is 1.57. The number of carboxylic acids is 1. The first-order valence-corrected chi connectivity index (χ1v) is 10.0. The third-order valence-electron chi connectivity index (χ3n) is 5.10. The van der Waals surface area contributed by atoms with E-state index in [4.69, 9.17) is 9.84 Å². The number of amides is 1. The van der Waals surface area contributed by atoms with Crippen molar-refractivity contribution in [3.8, 4) is 11.8 Å². The van der Waals surface area contributed by atoms with Crippen molar-refractivity contribution in [2.24, 2.45) is 0 Å². The minimum absolute atomic E-state index is 0.0905. The highest BCUT2D eigenvalue weighted by atomic mass is 16.5. The van der Waals surface area contributed by atoms with Crippen LogP contribution in [0.1, 0.15) is 53.6 Å². The van der Waals surface area contributed by atoms with Crippen molar-refractivity contribution in [3.63, 3.8) is 0 Å². The van der Waals surface area contributed by atoms with Crippen molar-refractivity contribution in [1.29, 1.82) is 5.26 Å². The molecule has 6 heteroatoms. The summed E-state index contributed by atoms with van der Waals surface area (Å²) < 4.78 is 5.71. The van der Waals surface area contributed by atoms with Crippen LogP contribution in [-0.4, -0.2) is 23.0 Å². The molecule has 2 aromatic carbocycles. The monoisotopic (exact) mass is 404 g/mol. The van der Waals surface area contributed by atoms with Crippen LogP contribution < -0.4 is 10.1 Å². The van der Waals surface area contributed by atoms with Gasteiger partial charge >= 0.3 is 5.97 Å². The summed E-state index contributed by atoms with van der Waals surface area (Å²) >= 11 is 0. The van der Waals surface area contributed by atoms with Crippen LogP contribution in [0.15, 0.2) is 54.1 Å². The van der Waals surface area contributed by atoms with Crippen molar-refractivity contribution in [2.45, 2.75) is 44.8 Å². The molecule has 1 amide bonds. The Morgan fingerprint density at radius 1 is 1.07 bits per heavy atom. The minimum atomic E-state index is -0.963. The molecule has 0 aliphatic heterocycles. The van der Waals surface area contributed by atoms with Gasteiger partial charge < -0.3 is 15.2 Å². The van der Waals surface area contributed by atoms with Gasteiger partial charge in [0.05, 0.1) is 5.56 Å². The number of rotatable bonds is 7. The van der Waals surface area contributed by atoms with Gasteiger partial charge in [0.25, 0.3) is 5.91 Å². The molecule has 3 rings (SSSR count). The van der Waals surface area contributed by atoms with Gasteiger partial charge in [0, 0.05) is 6.04 Å². The number of nitriles is 1. The molecule has 6 nitrogen and oxygen atoms in total. The number of nitrogens with zero attached hydrogens (tertiary/aromatic N) is 1. The van der Waals surface area contributed by atoms with E-state index in [1.165, 1.54) is 18.6 Å². The van der Waals surface area contributed by atoms with E-state index in [2.05, 4.69) is 5.32 Å². The molecule has 2 aromatic rings. The van der Waals surface area contributed by atoms with E-state index >= 15 is 0 Å². The second kappa shape index (κ2) is 10.3. The number of benzene rings is 2. The van der Waals surface area contributed by atoms with Gasteiger partial charge in [-0.05, 0) is 54.3 Å². The lowest BCUT2D eigenvalue weighted by Gasteiger charge is -2.22. The lowest BCUT2D eigenvalue weighted by molar-refractivity contribution is -0.117. The van der Waals surface area contributed by atoms with Crippen molar-refractivity contribution >= 4 is 18.0 Å². The van der Waals surface area contributed by atoms with E-state index in [1.54, 1.807) is 42.5 Å². The topological polar surface area (TPSA) is 99.4 Å². The van der Waals surface area contributed by atoms with Crippen molar-refractivity contribution < 1.29 is 19.4 Å². The predicted molar refractivity (Wildman–Crippen MR) is 113 cm³/mol. The molecule has 0 atom stereocenters. The predicted octanol–water partition coefficient (Wildman–Crippen LogP) is 4.32. The van der Waals surface area contributed by atoms with E-state index in [1.807, 2.05) is 6.07 Å². The maximum Gasteiger partial charge on any atom is 0.335 e. The standard InChI is InChI=1S/C24H24N2O4/c25-15-20(23(27)26-21-4-2-1-3-5-21)14-17-8-12-22(13-9-17)30-16-18-6-10-19(11-7-18)24(28)29/h6-14,21H,1-5,16H2,(H,26,27)(H,28,29). The van der Waals surface area contributed by atoms with Crippen LogP contribution >= 0.6 is 0 Å². The van der Waals surface area contributed by atoms with E-state index < -0.39 is 5.97 Å². The van der Waals surface area contributed by atoms with Gasteiger partial charge in [0.2, 0.25) is 0 Å². The summed E-state index contributed by atoms with van der Waals surface area (Å²) in [6.45, 7) is 0.308. The summed E-state index contributed by atoms with van der Waals surface area (Å²) in [5, 5.41) is 21.3. The number of hydrogen-bond acceptors (Lipinski definition) is 4. The van der Waals surface area contributed by atoms with Gasteiger partial charge in [-0.25, -0.2) is 4.79 Å². The van der Waals surface area contributed by atoms with Crippen LogP contribution in [0.5, 0.6) is 5.75 Å². The van der Waals surface area contributed by atoms with Crippen LogP contribution in [0.4, 0.5) is 0 Å². The summed E-state index contributed by atoms with van der Waals surface area (Å²) in [6, 6.07) is 15.8. The first kappa shape index (κ1) is 21.1. The number of ether oxygens (including phenoxy) is 1. The van der Waals surface area contributed by atoms with E-state index in [-0.39, 0.29) is 23.1 Å². The molecule has 1 aliphatic carbocycles. The molecular weight excluding hydrogens is 380 g/mol. The highest BCUT2D eigenvalue weighted by Crippen LogP contribution is 2.19. The van der Waals surface area contributed by atoms with Gasteiger partial charge in [-0.2, -0.15) is 5.26 Å². The van der Waals surface area contributed by atoms with E-state index in [9.17, 15) is 14.9 Å². The Labute approximate surface area is 175 Å². The summed E-state index contributed by atoms with van der Waals surface area (Å²) in [5.41, 5.74) is 1.92. The minimum Gasteiger partial charge on any atom is -0.489 e. The molecule has 1 aliphatic rings. The maximum absolute atomic E-state index is 12.4. The second-order valence-electron chi connectivity index (χ2n) is 7.34. The van der Waals surface area contributed by atoms with Crippen LogP contribution in [0.3, 0.4) is 0 Å². The molecule has 0 spiro atoms. The molecule has 0 unspecified atom stereocenters. The van der Waals surface area contributed by atoms with Gasteiger partial charge in [-0.3, -0.25) is 4.79 Å². The number of carbonyl (C=O) groups excluding carboxylic acids is 1. The highest BCUT2D eigenvalue weighted by Gasteiger charge is 2.18. The zero-order chi connectivity index (χ0) is 21.3. The number of carboxylic acid groups (broad SMARTS) is 1. The third-order valence-corrected chi connectivity index (χ3v) is 5.10. The number of carbonyl (C=O) groups is 2. The van der Waals surface area contributed by atoms with Crippen LogP contribution in [0.25, 0.3) is 6.08 Å². The van der Waals surface area contributed by atoms with E-state index in [0.29, 0.717) is 12.4 Å². The zero-order valence-corrected chi connectivity index (χ0v) is 16.6. The molecule has 0 radical (unpaired) electrons. The first-order valence-electron chi connectivity index (χ1n) is 10.0. The average molecular weight is 404 g/mol. The lowest BCUT2D eigenvalue weighted by atomic mass is 9.95. The highest BCUT2D eigenvalue weighted by molar-refractivity contribution is 6.01. The normalized spacial score (nSPS) is 14.6. The van der Waals surface area contributed by atoms with Crippen LogP contribution in [0, 0.1) is 11.3 Å². The largest absolute Gasteiger partial charge is 0.489 e. The molecule has 0 heterocycles. The smallest absolute Gasteiger partial charge is 0.335 e. The Kier molecular flexibility index (Phi) is 7.23. The van der Waals surface area contributed by atoms with Crippen molar-refractivity contribution in [3.05, 3.63) is 70.8 Å². The van der Waals surface area contributed by atoms with Gasteiger partial charge in [0.15, 0.2) is 0 Å². The summed E-state index contributed by atoms with van der Waals surface area (Å²) in [6.07, 6.45) is 6.94. The van der Waals surface area contributed by atoms with Gasteiger partial charge in [-0.15, -0.1) is 0 Å². The zero-order valence-electron chi connectivity index (χ0n) is 16.6. The van der Waals surface area contributed by atoms with Crippen LogP contribution in [0.2, 0.25) is 0 Å². The summed E-state index contributed by atoms with van der Waals surface area (Å²) in [4.78, 5) is 23.3. The van der Waals surface area contributed by atoms with Gasteiger partial charge in [-0.1, -0.05) is 43.5 Å². The molecule has 30 heavy (non-hydrogen) atoms. The fourth-order valence-electron chi connectivity index (χ4n) is 3.40. The Morgan fingerprint density at radius 2 is 1.73 bits per heavy atom. The summed E-state index contributed by atoms with van der Waals surface area (Å²) in [7, 11) is 0. The Hall–Kier alpha value is -3.59. The van der Waals surface area contributed by atoms with Crippen molar-refractivity contribution in [2.75, 3.05) is 0 Å². The third kappa shape index (κ3) is 5.95.